The summed E-state index contributed by atoms with van der Waals surface area (Å²) in [6, 6.07) is 7.93. The van der Waals surface area contributed by atoms with Gasteiger partial charge < -0.3 is 4.90 Å². The van der Waals surface area contributed by atoms with Crippen LogP contribution in [0.4, 0.5) is 5.69 Å². The number of nitrogens with zero attached hydrogens (tertiary/aromatic N) is 2. The third-order valence-corrected chi connectivity index (χ3v) is 9.06. The molecule has 1 saturated heterocycles. The summed E-state index contributed by atoms with van der Waals surface area (Å²) >= 11 is 0. The largest absolute Gasteiger partial charge is 0.368 e. The summed E-state index contributed by atoms with van der Waals surface area (Å²) in [5.41, 5.74) is 1.60. The van der Waals surface area contributed by atoms with E-state index in [0.29, 0.717) is 32.0 Å². The molecule has 3 atom stereocenters. The maximum atomic E-state index is 13.2. The Morgan fingerprint density at radius 1 is 1.15 bits per heavy atom. The van der Waals surface area contributed by atoms with Crippen LogP contribution in [0.2, 0.25) is 0 Å². The Morgan fingerprint density at radius 3 is 2.41 bits per heavy atom. The second-order valence-corrected chi connectivity index (χ2v) is 11.1. The first-order valence-electron chi connectivity index (χ1n) is 9.90. The standard InChI is InChI=1S/C21H30N2O3S/c1-15-7-5-6-8-17(15)22-11-12-23(27(4,25)26)18(14-22)21-10-9-16(13-19(21)24)20(21,2)3/h5-8,16,18H,9-14H2,1-4H3. The first kappa shape index (κ1) is 18.9. The molecule has 0 N–H and O–H groups in total. The SMILES string of the molecule is Cc1ccccc1N1CCN(S(C)(=O)=O)C(C23CCC(CC2=O)C3(C)C)C1. The summed E-state index contributed by atoms with van der Waals surface area (Å²) in [4.78, 5) is 15.5. The van der Waals surface area contributed by atoms with Crippen molar-refractivity contribution in [1.82, 2.24) is 4.31 Å². The minimum atomic E-state index is -3.38. The van der Waals surface area contributed by atoms with Crippen molar-refractivity contribution in [3.63, 3.8) is 0 Å². The van der Waals surface area contributed by atoms with Gasteiger partial charge in [-0.3, -0.25) is 4.79 Å². The van der Waals surface area contributed by atoms with E-state index < -0.39 is 15.4 Å². The molecule has 0 aromatic heterocycles. The number of Topliss-reactive ketones (excluding diaryl/α,β-unsaturated/α-hetero) is 1. The van der Waals surface area contributed by atoms with E-state index >= 15 is 0 Å². The van der Waals surface area contributed by atoms with Gasteiger partial charge in [-0.2, -0.15) is 4.31 Å². The number of ketones is 1. The molecule has 2 aliphatic carbocycles. The number of carbonyl (C=O) groups excluding carboxylic acids is 1. The maximum absolute atomic E-state index is 13.2. The molecule has 1 aromatic carbocycles. The van der Waals surface area contributed by atoms with Gasteiger partial charge in [-0.25, -0.2) is 8.42 Å². The van der Waals surface area contributed by atoms with Gasteiger partial charge in [0.2, 0.25) is 10.0 Å². The Hall–Kier alpha value is -1.40. The summed E-state index contributed by atoms with van der Waals surface area (Å²) in [6.07, 6.45) is 3.73. The van der Waals surface area contributed by atoms with Gasteiger partial charge >= 0.3 is 0 Å². The summed E-state index contributed by atoms with van der Waals surface area (Å²) in [5.74, 6) is 0.647. The van der Waals surface area contributed by atoms with Crippen LogP contribution in [0.5, 0.6) is 0 Å². The number of rotatable bonds is 3. The fraction of sp³-hybridized carbons (Fsp3) is 0.667. The number of sulfonamides is 1. The van der Waals surface area contributed by atoms with Gasteiger partial charge in [0.1, 0.15) is 5.78 Å². The molecule has 3 aliphatic rings. The fourth-order valence-corrected chi connectivity index (χ4v) is 7.32. The Kier molecular flexibility index (Phi) is 4.24. The first-order valence-corrected chi connectivity index (χ1v) is 11.7. The molecule has 3 fully saturated rings. The second-order valence-electron chi connectivity index (χ2n) is 9.18. The van der Waals surface area contributed by atoms with Crippen molar-refractivity contribution in [2.75, 3.05) is 30.8 Å². The number of benzene rings is 1. The van der Waals surface area contributed by atoms with Crippen LogP contribution in [0.3, 0.4) is 0 Å². The molecule has 1 aliphatic heterocycles. The molecule has 1 heterocycles. The monoisotopic (exact) mass is 390 g/mol. The Morgan fingerprint density at radius 2 is 1.85 bits per heavy atom. The molecule has 0 spiro atoms. The number of anilines is 1. The van der Waals surface area contributed by atoms with Crippen LogP contribution in [0, 0.1) is 23.7 Å². The van der Waals surface area contributed by atoms with Gasteiger partial charge in [0.25, 0.3) is 0 Å². The van der Waals surface area contributed by atoms with E-state index in [1.54, 1.807) is 4.31 Å². The lowest BCUT2D eigenvalue weighted by atomic mass is 9.63. The van der Waals surface area contributed by atoms with E-state index in [4.69, 9.17) is 0 Å². The van der Waals surface area contributed by atoms with Crippen molar-refractivity contribution in [3.8, 4) is 0 Å². The van der Waals surface area contributed by atoms with E-state index in [0.717, 1.165) is 18.5 Å². The molecule has 2 saturated carbocycles. The van der Waals surface area contributed by atoms with Crippen molar-refractivity contribution in [2.24, 2.45) is 16.7 Å². The third kappa shape index (κ3) is 2.59. The fourth-order valence-electron chi connectivity index (χ4n) is 6.19. The van der Waals surface area contributed by atoms with E-state index in [1.165, 1.54) is 11.8 Å². The third-order valence-electron chi connectivity index (χ3n) is 7.77. The zero-order chi connectivity index (χ0) is 19.6. The quantitative estimate of drug-likeness (QED) is 0.796. The Labute approximate surface area is 162 Å². The lowest BCUT2D eigenvalue weighted by Gasteiger charge is -2.51. The number of fused-ring (bicyclic) bond motifs is 2. The normalized spacial score (nSPS) is 33.6. The molecule has 148 valence electrons. The minimum absolute atomic E-state index is 0.160. The molecule has 4 rings (SSSR count). The van der Waals surface area contributed by atoms with Crippen molar-refractivity contribution >= 4 is 21.5 Å². The van der Waals surface area contributed by atoms with Crippen LogP contribution in [0.1, 0.15) is 38.7 Å². The van der Waals surface area contributed by atoms with Gasteiger partial charge in [0, 0.05) is 31.7 Å². The molecule has 0 amide bonds. The lowest BCUT2D eigenvalue weighted by Crippen LogP contribution is -2.64. The molecular weight excluding hydrogens is 360 g/mol. The molecule has 0 radical (unpaired) electrons. The van der Waals surface area contributed by atoms with Crippen LogP contribution in [0.15, 0.2) is 24.3 Å². The smallest absolute Gasteiger partial charge is 0.211 e. The highest BCUT2D eigenvalue weighted by atomic mass is 32.2. The van der Waals surface area contributed by atoms with Gasteiger partial charge in [-0.05, 0) is 42.7 Å². The number of hydrogen-bond donors (Lipinski definition) is 0. The second kappa shape index (κ2) is 6.05. The summed E-state index contributed by atoms with van der Waals surface area (Å²) in [5, 5.41) is 0. The van der Waals surface area contributed by atoms with Gasteiger partial charge in [0.15, 0.2) is 0 Å². The molecule has 27 heavy (non-hydrogen) atoms. The summed E-state index contributed by atoms with van der Waals surface area (Å²) in [7, 11) is -3.38. The molecule has 3 unspecified atom stereocenters. The van der Waals surface area contributed by atoms with Gasteiger partial charge in [-0.15, -0.1) is 0 Å². The van der Waals surface area contributed by atoms with Gasteiger partial charge in [0.05, 0.1) is 17.7 Å². The average Bonchev–Trinajstić information content (AvgIpc) is 2.96. The molecule has 5 nitrogen and oxygen atoms in total. The van der Waals surface area contributed by atoms with Crippen molar-refractivity contribution in [2.45, 2.75) is 46.1 Å². The molecular formula is C21H30N2O3S. The van der Waals surface area contributed by atoms with Crippen LogP contribution in [-0.2, 0) is 14.8 Å². The summed E-state index contributed by atoms with van der Waals surface area (Å²) < 4.78 is 26.9. The molecule has 6 heteroatoms. The van der Waals surface area contributed by atoms with E-state index in [9.17, 15) is 13.2 Å². The van der Waals surface area contributed by atoms with Crippen LogP contribution in [-0.4, -0.2) is 50.4 Å². The van der Waals surface area contributed by atoms with Crippen molar-refractivity contribution in [1.29, 1.82) is 0 Å². The topological polar surface area (TPSA) is 57.7 Å². The van der Waals surface area contributed by atoms with Crippen molar-refractivity contribution in [3.05, 3.63) is 29.8 Å². The predicted octanol–water partition coefficient (Wildman–Crippen LogP) is 2.84. The van der Waals surface area contributed by atoms with Gasteiger partial charge in [-0.1, -0.05) is 32.0 Å². The highest BCUT2D eigenvalue weighted by molar-refractivity contribution is 7.88. The maximum Gasteiger partial charge on any atom is 0.211 e. The molecule has 1 aromatic rings. The van der Waals surface area contributed by atoms with E-state index in [2.05, 4.69) is 37.8 Å². The number of piperazine rings is 1. The number of carbonyl (C=O) groups is 1. The van der Waals surface area contributed by atoms with Crippen LogP contribution < -0.4 is 4.90 Å². The number of para-hydroxylation sites is 1. The number of hydrogen-bond acceptors (Lipinski definition) is 4. The van der Waals surface area contributed by atoms with Crippen molar-refractivity contribution < 1.29 is 13.2 Å². The van der Waals surface area contributed by atoms with E-state index in [-0.39, 0.29) is 17.2 Å². The van der Waals surface area contributed by atoms with Crippen LogP contribution >= 0.6 is 0 Å². The lowest BCUT2D eigenvalue weighted by molar-refractivity contribution is -0.133. The minimum Gasteiger partial charge on any atom is -0.368 e. The van der Waals surface area contributed by atoms with E-state index in [1.807, 2.05) is 12.1 Å². The predicted molar refractivity (Wildman–Crippen MR) is 107 cm³/mol. The van der Waals surface area contributed by atoms with Crippen LogP contribution in [0.25, 0.3) is 0 Å². The Bertz CT molecular complexity index is 879. The zero-order valence-electron chi connectivity index (χ0n) is 16.7. The first-order chi connectivity index (χ1) is 12.6. The molecule has 2 bridgehead atoms. The summed E-state index contributed by atoms with van der Waals surface area (Å²) in [6.45, 7) is 8.13. The average molecular weight is 391 g/mol. The zero-order valence-corrected chi connectivity index (χ0v) is 17.6. The Balaban J connectivity index is 1.79. The highest BCUT2D eigenvalue weighted by Crippen LogP contribution is 2.66. The highest BCUT2D eigenvalue weighted by Gasteiger charge is 2.69. The number of aryl methyl sites for hydroxylation is 1.